The average molecular weight is 190 g/mol. The van der Waals surface area contributed by atoms with Crippen molar-refractivity contribution in [3.05, 3.63) is 0 Å². The Morgan fingerprint density at radius 3 is 2.92 bits per heavy atom. The van der Waals surface area contributed by atoms with E-state index in [1.165, 1.54) is 12.8 Å². The molecule has 1 saturated heterocycles. The van der Waals surface area contributed by atoms with Gasteiger partial charge in [0.2, 0.25) is 6.23 Å². The van der Waals surface area contributed by atoms with Crippen molar-refractivity contribution in [2.45, 2.75) is 32.4 Å². The van der Waals surface area contributed by atoms with Gasteiger partial charge in [-0.15, -0.1) is 0 Å². The van der Waals surface area contributed by atoms with Gasteiger partial charge >= 0.3 is 8.69 Å². The van der Waals surface area contributed by atoms with Gasteiger partial charge < -0.3 is 4.48 Å². The zero-order valence-corrected chi connectivity index (χ0v) is 8.72. The molecule has 0 radical (unpaired) electrons. The van der Waals surface area contributed by atoms with Crippen LogP contribution in [0.5, 0.6) is 0 Å². The van der Waals surface area contributed by atoms with Crippen molar-refractivity contribution in [1.29, 1.82) is 0 Å². The van der Waals surface area contributed by atoms with E-state index >= 15 is 0 Å². The van der Waals surface area contributed by atoms with E-state index in [1.807, 2.05) is 0 Å². The lowest BCUT2D eigenvalue weighted by Crippen LogP contribution is -2.55. The van der Waals surface area contributed by atoms with Crippen LogP contribution in [0.25, 0.3) is 0 Å². The van der Waals surface area contributed by atoms with Gasteiger partial charge in [0, 0.05) is 6.42 Å². The summed E-state index contributed by atoms with van der Waals surface area (Å²) in [6, 6.07) is 0. The van der Waals surface area contributed by atoms with Gasteiger partial charge in [0.25, 0.3) is 0 Å². The van der Waals surface area contributed by atoms with Gasteiger partial charge in [0.1, 0.15) is 0 Å². The SMILES string of the molecule is CC[N+]1(C)CCCCC1OP=O. The standard InChI is InChI=1S/C8H17NO2P/c1-3-9(2)7-5-4-6-8(9)11-12-10/h8H,3-7H2,1-2H3/q+1. The fourth-order valence-electron chi connectivity index (χ4n) is 1.83. The zero-order valence-electron chi connectivity index (χ0n) is 7.82. The van der Waals surface area contributed by atoms with Crippen molar-refractivity contribution in [2.75, 3.05) is 20.1 Å². The molecule has 12 heavy (non-hydrogen) atoms. The van der Waals surface area contributed by atoms with E-state index in [0.717, 1.165) is 24.0 Å². The number of hydrogen-bond acceptors (Lipinski definition) is 2. The first-order chi connectivity index (χ1) is 5.73. The summed E-state index contributed by atoms with van der Waals surface area (Å²) in [5, 5.41) is 0. The van der Waals surface area contributed by atoms with Crippen LogP contribution < -0.4 is 0 Å². The van der Waals surface area contributed by atoms with Crippen LogP contribution in [0.3, 0.4) is 0 Å². The van der Waals surface area contributed by atoms with E-state index in [4.69, 9.17) is 4.52 Å². The Hall–Kier alpha value is 0.0200. The molecule has 0 amide bonds. The molecule has 0 aromatic rings. The molecule has 2 atom stereocenters. The second-order valence-corrected chi connectivity index (χ2v) is 4.01. The summed E-state index contributed by atoms with van der Waals surface area (Å²) in [7, 11) is 2.00. The Balaban J connectivity index is 2.59. The molecule has 1 aliphatic rings. The van der Waals surface area contributed by atoms with E-state index in [2.05, 4.69) is 14.0 Å². The zero-order chi connectivity index (χ0) is 9.03. The molecule has 4 heteroatoms. The summed E-state index contributed by atoms with van der Waals surface area (Å²) in [6.45, 7) is 4.36. The van der Waals surface area contributed by atoms with Gasteiger partial charge in [-0.05, 0) is 19.8 Å². The largest absolute Gasteiger partial charge is 0.332 e. The van der Waals surface area contributed by atoms with Gasteiger partial charge in [-0.25, -0.2) is 9.09 Å². The summed E-state index contributed by atoms with van der Waals surface area (Å²) in [5.74, 6) is 0. The highest BCUT2D eigenvalue weighted by molar-refractivity contribution is 7.17. The Labute approximate surface area is 75.6 Å². The summed E-state index contributed by atoms with van der Waals surface area (Å²) < 4.78 is 16.4. The summed E-state index contributed by atoms with van der Waals surface area (Å²) in [4.78, 5) is 0. The minimum atomic E-state index is -0.174. The molecular weight excluding hydrogens is 173 g/mol. The van der Waals surface area contributed by atoms with Gasteiger partial charge in [-0.1, -0.05) is 0 Å². The maximum atomic E-state index is 10.3. The first-order valence-electron chi connectivity index (χ1n) is 4.55. The molecule has 0 N–H and O–H groups in total. The molecule has 0 aromatic carbocycles. The minimum Gasteiger partial charge on any atom is -0.301 e. The van der Waals surface area contributed by atoms with Crippen LogP contribution in [-0.2, 0) is 9.09 Å². The van der Waals surface area contributed by atoms with Crippen LogP contribution in [-0.4, -0.2) is 30.8 Å². The first kappa shape index (κ1) is 10.1. The van der Waals surface area contributed by atoms with Crippen LogP contribution in [0.15, 0.2) is 0 Å². The molecule has 0 aromatic heterocycles. The lowest BCUT2D eigenvalue weighted by Gasteiger charge is -2.41. The minimum absolute atomic E-state index is 0.142. The number of quaternary nitrogens is 1. The quantitative estimate of drug-likeness (QED) is 0.503. The smallest absolute Gasteiger partial charge is 0.301 e. The van der Waals surface area contributed by atoms with Gasteiger partial charge in [0.15, 0.2) is 0 Å². The monoisotopic (exact) mass is 190 g/mol. The molecular formula is C8H17NO2P+. The average Bonchev–Trinajstić information content (AvgIpc) is 2.10. The molecule has 1 fully saturated rings. The van der Waals surface area contributed by atoms with Crippen molar-refractivity contribution >= 4 is 8.69 Å². The molecule has 1 rings (SSSR count). The van der Waals surface area contributed by atoms with Crippen molar-refractivity contribution < 1.29 is 13.6 Å². The molecule has 0 aliphatic carbocycles. The number of piperidine rings is 1. The number of hydrogen-bond donors (Lipinski definition) is 0. The van der Waals surface area contributed by atoms with E-state index in [-0.39, 0.29) is 14.9 Å². The van der Waals surface area contributed by atoms with E-state index in [0.29, 0.717) is 0 Å². The maximum absolute atomic E-state index is 10.3. The maximum Gasteiger partial charge on any atom is 0.332 e. The third-order valence-corrected chi connectivity index (χ3v) is 3.28. The van der Waals surface area contributed by atoms with Crippen molar-refractivity contribution in [3.8, 4) is 0 Å². The molecule has 2 unspecified atom stereocenters. The highest BCUT2D eigenvalue weighted by Gasteiger charge is 2.34. The molecule has 0 spiro atoms. The number of rotatable bonds is 3. The highest BCUT2D eigenvalue weighted by Crippen LogP contribution is 2.26. The van der Waals surface area contributed by atoms with Crippen molar-refractivity contribution in [1.82, 2.24) is 0 Å². The Morgan fingerprint density at radius 1 is 1.58 bits per heavy atom. The summed E-state index contributed by atoms with van der Waals surface area (Å²) in [5.41, 5.74) is 0. The molecule has 0 saturated carbocycles. The lowest BCUT2D eigenvalue weighted by molar-refractivity contribution is -0.954. The molecule has 70 valence electrons. The Bertz CT molecular complexity index is 165. The molecule has 0 bridgehead atoms. The van der Waals surface area contributed by atoms with Crippen LogP contribution in [0.4, 0.5) is 0 Å². The third kappa shape index (κ3) is 2.03. The number of likely N-dealkylation sites (tertiary alicyclic amines) is 1. The van der Waals surface area contributed by atoms with Crippen molar-refractivity contribution in [3.63, 3.8) is 0 Å². The first-order valence-corrected chi connectivity index (χ1v) is 5.28. The lowest BCUT2D eigenvalue weighted by atomic mass is 10.1. The highest BCUT2D eigenvalue weighted by atomic mass is 31.1. The summed E-state index contributed by atoms with van der Waals surface area (Å²) in [6.07, 6.45) is 3.65. The summed E-state index contributed by atoms with van der Waals surface area (Å²) >= 11 is 0. The normalized spacial score (nSPS) is 37.0. The van der Waals surface area contributed by atoms with Crippen LogP contribution in [0, 0.1) is 0 Å². The Morgan fingerprint density at radius 2 is 2.33 bits per heavy atom. The van der Waals surface area contributed by atoms with Crippen LogP contribution in [0.2, 0.25) is 0 Å². The second kappa shape index (κ2) is 4.31. The third-order valence-electron chi connectivity index (χ3n) is 2.95. The number of nitrogens with zero attached hydrogens (tertiary/aromatic N) is 1. The topological polar surface area (TPSA) is 26.3 Å². The Kier molecular flexibility index (Phi) is 3.63. The predicted octanol–water partition coefficient (Wildman–Crippen LogP) is 2.19. The molecule has 1 aliphatic heterocycles. The van der Waals surface area contributed by atoms with Gasteiger partial charge in [0.05, 0.1) is 20.1 Å². The van der Waals surface area contributed by atoms with Crippen LogP contribution in [0.1, 0.15) is 26.2 Å². The van der Waals surface area contributed by atoms with Crippen molar-refractivity contribution in [2.24, 2.45) is 0 Å². The van der Waals surface area contributed by atoms with E-state index < -0.39 is 0 Å². The fraction of sp³-hybridized carbons (Fsp3) is 1.00. The van der Waals surface area contributed by atoms with Gasteiger partial charge in [-0.3, -0.25) is 0 Å². The van der Waals surface area contributed by atoms with E-state index in [9.17, 15) is 4.57 Å². The second-order valence-electron chi connectivity index (χ2n) is 3.65. The van der Waals surface area contributed by atoms with E-state index in [1.54, 1.807) is 0 Å². The van der Waals surface area contributed by atoms with Gasteiger partial charge in [-0.2, -0.15) is 0 Å². The molecule has 3 nitrogen and oxygen atoms in total. The predicted molar refractivity (Wildman–Crippen MR) is 47.9 cm³/mol. The molecule has 1 heterocycles. The fourth-order valence-corrected chi connectivity index (χ4v) is 2.26. The van der Waals surface area contributed by atoms with Crippen LogP contribution >= 0.6 is 8.69 Å².